The van der Waals surface area contributed by atoms with Gasteiger partial charge < -0.3 is 15.5 Å². The van der Waals surface area contributed by atoms with Crippen molar-refractivity contribution in [2.24, 2.45) is 5.92 Å². The predicted molar refractivity (Wildman–Crippen MR) is 91.5 cm³/mol. The highest BCUT2D eigenvalue weighted by Crippen LogP contribution is 2.25. The molecule has 1 rings (SSSR count). The van der Waals surface area contributed by atoms with Crippen LogP contribution < -0.4 is 5.32 Å². The lowest BCUT2D eigenvalue weighted by Gasteiger charge is -2.21. The van der Waals surface area contributed by atoms with E-state index in [-0.39, 0.29) is 11.9 Å². The van der Waals surface area contributed by atoms with Gasteiger partial charge in [0.25, 0.3) is 0 Å². The second-order valence-corrected chi connectivity index (χ2v) is 5.67. The van der Waals surface area contributed by atoms with Crippen molar-refractivity contribution >= 4 is 0 Å². The zero-order chi connectivity index (χ0) is 15.9. The molecule has 1 atom stereocenters. The van der Waals surface area contributed by atoms with E-state index in [1.54, 1.807) is 12.2 Å². The molecule has 0 spiro atoms. The SMILES string of the molecule is C=C/C=C(O)\C=C/C.CC(O)CNCCC1CCCCC1. The molecule has 3 nitrogen and oxygen atoms in total. The molecule has 21 heavy (non-hydrogen) atoms. The third-order valence-corrected chi connectivity index (χ3v) is 3.52. The summed E-state index contributed by atoms with van der Waals surface area (Å²) in [5.41, 5.74) is 0. The van der Waals surface area contributed by atoms with Crippen molar-refractivity contribution in [3.05, 3.63) is 36.6 Å². The van der Waals surface area contributed by atoms with E-state index < -0.39 is 0 Å². The van der Waals surface area contributed by atoms with Gasteiger partial charge in [0, 0.05) is 6.54 Å². The molecule has 0 aliphatic heterocycles. The van der Waals surface area contributed by atoms with Gasteiger partial charge in [-0.2, -0.15) is 0 Å². The van der Waals surface area contributed by atoms with Crippen LogP contribution in [0.4, 0.5) is 0 Å². The normalized spacial score (nSPS) is 18.1. The van der Waals surface area contributed by atoms with Crippen molar-refractivity contribution in [1.29, 1.82) is 0 Å². The largest absolute Gasteiger partial charge is 0.508 e. The number of nitrogens with one attached hydrogen (secondary N) is 1. The zero-order valence-electron chi connectivity index (χ0n) is 13.7. The van der Waals surface area contributed by atoms with Gasteiger partial charge in [0.15, 0.2) is 0 Å². The van der Waals surface area contributed by atoms with Crippen LogP contribution in [0.1, 0.15) is 52.4 Å². The van der Waals surface area contributed by atoms with Gasteiger partial charge in [-0.25, -0.2) is 0 Å². The number of aliphatic hydroxyl groups excluding tert-OH is 2. The summed E-state index contributed by atoms with van der Waals surface area (Å²) in [5.74, 6) is 1.19. The van der Waals surface area contributed by atoms with Crippen molar-refractivity contribution in [3.8, 4) is 0 Å². The third kappa shape index (κ3) is 13.7. The van der Waals surface area contributed by atoms with Gasteiger partial charge in [-0.1, -0.05) is 50.8 Å². The van der Waals surface area contributed by atoms with Crippen LogP contribution in [0.25, 0.3) is 0 Å². The Morgan fingerprint density at radius 2 is 2.00 bits per heavy atom. The summed E-state index contributed by atoms with van der Waals surface area (Å²) in [6.45, 7) is 8.90. The first-order chi connectivity index (χ1) is 10.1. The average molecular weight is 295 g/mol. The number of aliphatic hydroxyl groups is 2. The molecule has 1 saturated carbocycles. The van der Waals surface area contributed by atoms with Gasteiger partial charge >= 0.3 is 0 Å². The van der Waals surface area contributed by atoms with E-state index in [9.17, 15) is 0 Å². The van der Waals surface area contributed by atoms with Crippen molar-refractivity contribution in [2.45, 2.75) is 58.5 Å². The fourth-order valence-corrected chi connectivity index (χ4v) is 2.44. The van der Waals surface area contributed by atoms with Gasteiger partial charge in [-0.05, 0) is 44.9 Å². The van der Waals surface area contributed by atoms with Crippen LogP contribution in [-0.4, -0.2) is 29.4 Å². The van der Waals surface area contributed by atoms with Gasteiger partial charge in [0.2, 0.25) is 0 Å². The Morgan fingerprint density at radius 3 is 2.52 bits per heavy atom. The molecular weight excluding hydrogens is 262 g/mol. The maximum absolute atomic E-state index is 9.03. The molecule has 0 bridgehead atoms. The molecule has 0 heterocycles. The molecule has 3 N–H and O–H groups in total. The van der Waals surface area contributed by atoms with Crippen molar-refractivity contribution in [3.63, 3.8) is 0 Å². The van der Waals surface area contributed by atoms with E-state index >= 15 is 0 Å². The molecule has 122 valence electrons. The van der Waals surface area contributed by atoms with Crippen LogP contribution in [-0.2, 0) is 0 Å². The standard InChI is InChI=1S/C11H23NO.C7H10O/c1-10(13)9-12-8-7-11-5-3-2-4-6-11;1-3-5-7(8)6-4-2/h10-13H,2-9H2,1H3;3-6,8H,1H2,2H3/b;6-4-,7-5+. The zero-order valence-corrected chi connectivity index (χ0v) is 13.7. The minimum atomic E-state index is -0.202. The lowest BCUT2D eigenvalue weighted by molar-refractivity contribution is 0.189. The Balaban J connectivity index is 0.000000433. The molecule has 1 aliphatic carbocycles. The molecule has 1 fully saturated rings. The molecule has 1 unspecified atom stereocenters. The summed E-state index contributed by atoms with van der Waals surface area (Å²) in [4.78, 5) is 0. The Hall–Kier alpha value is -1.06. The Labute approximate surface area is 130 Å². The second kappa shape index (κ2) is 13.9. The highest BCUT2D eigenvalue weighted by molar-refractivity contribution is 5.14. The number of hydrogen-bond acceptors (Lipinski definition) is 3. The van der Waals surface area contributed by atoms with Gasteiger partial charge in [-0.15, -0.1) is 0 Å². The van der Waals surface area contributed by atoms with Gasteiger partial charge in [0.05, 0.1) is 6.10 Å². The van der Waals surface area contributed by atoms with Crippen molar-refractivity contribution in [1.82, 2.24) is 5.32 Å². The minimum absolute atomic E-state index is 0.202. The molecule has 0 aromatic carbocycles. The van der Waals surface area contributed by atoms with Crippen LogP contribution in [0.3, 0.4) is 0 Å². The maximum atomic E-state index is 9.03. The molecule has 3 heteroatoms. The average Bonchev–Trinajstić information content (AvgIpc) is 2.46. The molecule has 1 aliphatic rings. The summed E-state index contributed by atoms with van der Waals surface area (Å²) >= 11 is 0. The lowest BCUT2D eigenvalue weighted by Crippen LogP contribution is -2.26. The fraction of sp³-hybridized carbons (Fsp3) is 0.667. The van der Waals surface area contributed by atoms with Crippen LogP contribution in [0.5, 0.6) is 0 Å². The Morgan fingerprint density at radius 1 is 1.33 bits per heavy atom. The summed E-state index contributed by atoms with van der Waals surface area (Å²) in [5, 5.41) is 21.1. The van der Waals surface area contributed by atoms with E-state index in [0.29, 0.717) is 0 Å². The molecule has 0 aromatic heterocycles. The summed E-state index contributed by atoms with van der Waals surface area (Å²) < 4.78 is 0. The Bertz CT molecular complexity index is 302. The van der Waals surface area contributed by atoms with Crippen LogP contribution in [0.15, 0.2) is 36.6 Å². The molecule has 0 radical (unpaired) electrons. The van der Waals surface area contributed by atoms with E-state index in [1.165, 1.54) is 50.7 Å². The first-order valence-corrected chi connectivity index (χ1v) is 8.13. The van der Waals surface area contributed by atoms with Crippen LogP contribution in [0.2, 0.25) is 0 Å². The van der Waals surface area contributed by atoms with Gasteiger partial charge in [0.1, 0.15) is 5.76 Å². The Kier molecular flexibility index (Phi) is 13.2. The van der Waals surface area contributed by atoms with E-state index in [0.717, 1.165) is 19.0 Å². The van der Waals surface area contributed by atoms with Crippen LogP contribution >= 0.6 is 0 Å². The molecule has 0 saturated heterocycles. The third-order valence-electron chi connectivity index (χ3n) is 3.52. The predicted octanol–water partition coefficient (Wildman–Crippen LogP) is 4.12. The van der Waals surface area contributed by atoms with Gasteiger partial charge in [-0.3, -0.25) is 0 Å². The second-order valence-electron chi connectivity index (χ2n) is 5.67. The van der Waals surface area contributed by atoms with Crippen molar-refractivity contribution < 1.29 is 10.2 Å². The van der Waals surface area contributed by atoms with E-state index in [2.05, 4.69) is 11.9 Å². The quantitative estimate of drug-likeness (QED) is 0.376. The topological polar surface area (TPSA) is 52.5 Å². The molecule has 0 amide bonds. The monoisotopic (exact) mass is 295 g/mol. The summed E-state index contributed by atoms with van der Waals surface area (Å²) in [7, 11) is 0. The van der Waals surface area contributed by atoms with Crippen LogP contribution in [0, 0.1) is 5.92 Å². The lowest BCUT2D eigenvalue weighted by atomic mass is 9.87. The first kappa shape index (κ1) is 19.9. The number of allylic oxidation sites excluding steroid dienone is 4. The maximum Gasteiger partial charge on any atom is 0.115 e. The summed E-state index contributed by atoms with van der Waals surface area (Å²) in [6, 6.07) is 0. The molecule has 0 aromatic rings. The number of rotatable bonds is 7. The fourth-order valence-electron chi connectivity index (χ4n) is 2.44. The number of hydrogen-bond donors (Lipinski definition) is 3. The smallest absolute Gasteiger partial charge is 0.115 e. The highest BCUT2D eigenvalue weighted by Gasteiger charge is 2.12. The van der Waals surface area contributed by atoms with E-state index in [4.69, 9.17) is 10.2 Å². The highest BCUT2D eigenvalue weighted by atomic mass is 16.3. The minimum Gasteiger partial charge on any atom is -0.508 e. The van der Waals surface area contributed by atoms with E-state index in [1.807, 2.05) is 13.8 Å². The van der Waals surface area contributed by atoms with Crippen molar-refractivity contribution in [2.75, 3.05) is 13.1 Å². The summed E-state index contributed by atoms with van der Waals surface area (Å²) in [6.07, 6.45) is 14.7. The first-order valence-electron chi connectivity index (χ1n) is 8.13. The molecular formula is C18H33NO2.